The van der Waals surface area contributed by atoms with E-state index >= 15 is 0 Å². The third-order valence-corrected chi connectivity index (χ3v) is 4.46. The molecule has 0 saturated heterocycles. The number of aromatic nitrogens is 3. The third-order valence-electron chi connectivity index (χ3n) is 4.46. The van der Waals surface area contributed by atoms with Crippen LogP contribution in [-0.2, 0) is 0 Å². The Morgan fingerprint density at radius 1 is 1.00 bits per heavy atom. The summed E-state index contributed by atoms with van der Waals surface area (Å²) in [6.07, 6.45) is 1.42. The van der Waals surface area contributed by atoms with Crippen molar-refractivity contribution in [1.29, 1.82) is 0 Å². The number of ether oxygens (including phenoxy) is 1. The van der Waals surface area contributed by atoms with Crippen LogP contribution in [0.5, 0.6) is 17.4 Å². The van der Waals surface area contributed by atoms with Crippen molar-refractivity contribution in [3.05, 3.63) is 66.0 Å². The second kappa shape index (κ2) is 6.57. The number of nitrogen functional groups attached to an aromatic ring is 1. The Kier molecular flexibility index (Phi) is 4.08. The van der Waals surface area contributed by atoms with Gasteiger partial charge in [-0.3, -0.25) is 0 Å². The van der Waals surface area contributed by atoms with Crippen LogP contribution in [0, 0.1) is 13.8 Å². The SMILES string of the molecule is Cc1ccc(O)c(C)c1Oc1nc(-c2ccccc2)cc2ncnc(N)c12. The second-order valence-electron chi connectivity index (χ2n) is 6.29. The number of phenols is 1. The summed E-state index contributed by atoms with van der Waals surface area (Å²) in [5.41, 5.74) is 9.88. The van der Waals surface area contributed by atoms with Crippen LogP contribution in [0.3, 0.4) is 0 Å². The van der Waals surface area contributed by atoms with E-state index in [9.17, 15) is 5.11 Å². The van der Waals surface area contributed by atoms with Crippen molar-refractivity contribution in [3.63, 3.8) is 0 Å². The van der Waals surface area contributed by atoms with Crippen LogP contribution >= 0.6 is 0 Å². The van der Waals surface area contributed by atoms with Crippen LogP contribution in [0.1, 0.15) is 11.1 Å². The lowest BCUT2D eigenvalue weighted by Crippen LogP contribution is -2.00. The van der Waals surface area contributed by atoms with Gasteiger partial charge in [-0.15, -0.1) is 0 Å². The lowest BCUT2D eigenvalue weighted by molar-refractivity contribution is 0.440. The number of anilines is 1. The van der Waals surface area contributed by atoms with Crippen molar-refractivity contribution in [3.8, 4) is 28.6 Å². The van der Waals surface area contributed by atoms with E-state index in [-0.39, 0.29) is 11.6 Å². The van der Waals surface area contributed by atoms with Gasteiger partial charge in [0.25, 0.3) is 0 Å². The molecule has 134 valence electrons. The van der Waals surface area contributed by atoms with Crippen LogP contribution in [-0.4, -0.2) is 20.1 Å². The summed E-state index contributed by atoms with van der Waals surface area (Å²) in [5, 5.41) is 10.6. The van der Waals surface area contributed by atoms with Crippen molar-refractivity contribution >= 4 is 16.7 Å². The normalized spacial score (nSPS) is 10.9. The van der Waals surface area contributed by atoms with Gasteiger partial charge in [0.15, 0.2) is 0 Å². The van der Waals surface area contributed by atoms with Gasteiger partial charge in [0.1, 0.15) is 29.0 Å². The summed E-state index contributed by atoms with van der Waals surface area (Å²) < 4.78 is 6.15. The van der Waals surface area contributed by atoms with Gasteiger partial charge in [-0.05, 0) is 31.5 Å². The van der Waals surface area contributed by atoms with Crippen molar-refractivity contribution in [2.45, 2.75) is 13.8 Å². The van der Waals surface area contributed by atoms with E-state index in [1.807, 2.05) is 43.3 Å². The Bertz CT molecular complexity index is 1140. The summed E-state index contributed by atoms with van der Waals surface area (Å²) >= 11 is 0. The number of phenolic OH excluding ortho intramolecular Hbond substituents is 1. The molecule has 0 radical (unpaired) electrons. The maximum absolute atomic E-state index is 10.1. The first kappa shape index (κ1) is 16.8. The molecule has 2 aromatic heterocycles. The van der Waals surface area contributed by atoms with E-state index in [0.29, 0.717) is 33.8 Å². The summed E-state index contributed by atoms with van der Waals surface area (Å²) in [6.45, 7) is 3.70. The molecule has 0 bridgehead atoms. The molecule has 2 heterocycles. The van der Waals surface area contributed by atoms with Gasteiger partial charge in [0.2, 0.25) is 5.88 Å². The Morgan fingerprint density at radius 3 is 2.56 bits per heavy atom. The fourth-order valence-corrected chi connectivity index (χ4v) is 2.97. The maximum Gasteiger partial charge on any atom is 0.233 e. The summed E-state index contributed by atoms with van der Waals surface area (Å²) in [4.78, 5) is 13.1. The smallest absolute Gasteiger partial charge is 0.233 e. The lowest BCUT2D eigenvalue weighted by Gasteiger charge is -2.15. The van der Waals surface area contributed by atoms with Crippen molar-refractivity contribution in [2.75, 3.05) is 5.73 Å². The second-order valence-corrected chi connectivity index (χ2v) is 6.29. The van der Waals surface area contributed by atoms with Gasteiger partial charge in [-0.2, -0.15) is 0 Å². The Labute approximate surface area is 156 Å². The zero-order chi connectivity index (χ0) is 19.0. The van der Waals surface area contributed by atoms with Gasteiger partial charge < -0.3 is 15.6 Å². The zero-order valence-electron chi connectivity index (χ0n) is 15.0. The van der Waals surface area contributed by atoms with Crippen molar-refractivity contribution < 1.29 is 9.84 Å². The molecule has 3 N–H and O–H groups in total. The lowest BCUT2D eigenvalue weighted by atomic mass is 10.1. The largest absolute Gasteiger partial charge is 0.508 e. The molecule has 0 amide bonds. The highest BCUT2D eigenvalue weighted by Gasteiger charge is 2.17. The highest BCUT2D eigenvalue weighted by atomic mass is 16.5. The molecular weight excluding hydrogens is 340 g/mol. The standard InChI is InChI=1S/C21H18N4O2/c1-12-8-9-17(26)13(2)19(12)27-21-18-16(23-11-24-20(18)22)10-15(25-21)14-6-4-3-5-7-14/h3-11,26H,1-2H3,(H2,22,23,24). The Morgan fingerprint density at radius 2 is 1.78 bits per heavy atom. The van der Waals surface area contributed by atoms with Gasteiger partial charge in [0.05, 0.1) is 11.2 Å². The van der Waals surface area contributed by atoms with Gasteiger partial charge in [-0.1, -0.05) is 36.4 Å². The molecule has 0 fully saturated rings. The summed E-state index contributed by atoms with van der Waals surface area (Å²) in [5.74, 6) is 1.29. The number of benzene rings is 2. The minimum absolute atomic E-state index is 0.156. The molecule has 0 atom stereocenters. The fourth-order valence-electron chi connectivity index (χ4n) is 2.97. The van der Waals surface area contributed by atoms with Gasteiger partial charge >= 0.3 is 0 Å². The molecule has 0 aliphatic rings. The van der Waals surface area contributed by atoms with E-state index in [4.69, 9.17) is 10.5 Å². The molecular formula is C21H18N4O2. The molecule has 0 unspecified atom stereocenters. The summed E-state index contributed by atoms with van der Waals surface area (Å²) in [6, 6.07) is 15.1. The maximum atomic E-state index is 10.1. The average Bonchev–Trinajstić information content (AvgIpc) is 2.68. The molecule has 6 nitrogen and oxygen atoms in total. The number of hydrogen-bond acceptors (Lipinski definition) is 6. The number of nitrogens with zero attached hydrogens (tertiary/aromatic N) is 3. The molecule has 0 saturated carbocycles. The molecule has 0 aliphatic carbocycles. The molecule has 4 aromatic rings. The van der Waals surface area contributed by atoms with Crippen molar-refractivity contribution in [1.82, 2.24) is 15.0 Å². The topological polar surface area (TPSA) is 94.1 Å². The quantitative estimate of drug-likeness (QED) is 0.564. The minimum Gasteiger partial charge on any atom is -0.508 e. The van der Waals surface area contributed by atoms with Gasteiger partial charge in [0, 0.05) is 11.1 Å². The zero-order valence-corrected chi connectivity index (χ0v) is 15.0. The highest BCUT2D eigenvalue weighted by molar-refractivity contribution is 5.94. The number of aromatic hydroxyl groups is 1. The first-order valence-electron chi connectivity index (χ1n) is 8.48. The van der Waals surface area contributed by atoms with Crippen LogP contribution in [0.25, 0.3) is 22.2 Å². The average molecular weight is 358 g/mol. The number of rotatable bonds is 3. The minimum atomic E-state index is 0.156. The first-order chi connectivity index (χ1) is 13.0. The van der Waals surface area contributed by atoms with Gasteiger partial charge in [-0.25, -0.2) is 15.0 Å². The van der Waals surface area contributed by atoms with E-state index in [1.165, 1.54) is 6.33 Å². The van der Waals surface area contributed by atoms with E-state index in [1.54, 1.807) is 19.1 Å². The first-order valence-corrected chi connectivity index (χ1v) is 8.48. The van der Waals surface area contributed by atoms with Crippen LogP contribution in [0.15, 0.2) is 54.9 Å². The monoisotopic (exact) mass is 358 g/mol. The van der Waals surface area contributed by atoms with Crippen LogP contribution in [0.4, 0.5) is 5.82 Å². The molecule has 27 heavy (non-hydrogen) atoms. The molecule has 0 aliphatic heterocycles. The van der Waals surface area contributed by atoms with Crippen LogP contribution in [0.2, 0.25) is 0 Å². The Hall–Kier alpha value is -3.67. The van der Waals surface area contributed by atoms with Crippen LogP contribution < -0.4 is 10.5 Å². The number of aryl methyl sites for hydroxylation is 1. The van der Waals surface area contributed by atoms with E-state index in [2.05, 4.69) is 15.0 Å². The molecule has 4 rings (SSSR count). The third kappa shape index (κ3) is 3.01. The van der Waals surface area contributed by atoms with Crippen molar-refractivity contribution in [2.24, 2.45) is 0 Å². The molecule has 2 aromatic carbocycles. The molecule has 0 spiro atoms. The number of nitrogens with two attached hydrogens (primary N) is 1. The summed E-state index contributed by atoms with van der Waals surface area (Å²) in [7, 11) is 0. The number of fused-ring (bicyclic) bond motifs is 1. The van der Waals surface area contributed by atoms with E-state index < -0.39 is 0 Å². The van der Waals surface area contributed by atoms with E-state index in [0.717, 1.165) is 11.1 Å². The predicted molar refractivity (Wildman–Crippen MR) is 105 cm³/mol. The fraction of sp³-hybridized carbons (Fsp3) is 0.0952. The number of hydrogen-bond donors (Lipinski definition) is 2. The highest BCUT2D eigenvalue weighted by Crippen LogP contribution is 2.38. The number of pyridine rings is 1. The molecule has 6 heteroatoms. The Balaban J connectivity index is 1.95. The predicted octanol–water partition coefficient (Wildman–Crippen LogP) is 4.39.